The molecule has 0 radical (unpaired) electrons. The van der Waals surface area contributed by atoms with E-state index in [9.17, 15) is 9.18 Å². The largest absolute Gasteiger partial charge is 0.347 e. The molecule has 2 aromatic heterocycles. The highest BCUT2D eigenvalue weighted by molar-refractivity contribution is 6.33. The normalized spacial score (nSPS) is 17.1. The Morgan fingerprint density at radius 3 is 2.45 bits per heavy atom. The second-order valence-electron chi connectivity index (χ2n) is 11.1. The van der Waals surface area contributed by atoms with Crippen LogP contribution in [-0.4, -0.2) is 47.1 Å². The third-order valence-corrected chi connectivity index (χ3v) is 8.55. The molecule has 1 unspecified atom stereocenters. The summed E-state index contributed by atoms with van der Waals surface area (Å²) >= 11 is 6.68. The van der Waals surface area contributed by atoms with Crippen molar-refractivity contribution in [3.8, 4) is 22.3 Å². The molecule has 1 saturated heterocycles. The van der Waals surface area contributed by atoms with Gasteiger partial charge in [0, 0.05) is 51.4 Å². The molecule has 9 heteroatoms. The quantitative estimate of drug-likeness (QED) is 0.245. The van der Waals surface area contributed by atoms with E-state index in [1.165, 1.54) is 18.4 Å². The van der Waals surface area contributed by atoms with E-state index in [4.69, 9.17) is 11.6 Å². The number of nitrogens with one attached hydrogen (secondary N) is 2. The van der Waals surface area contributed by atoms with Crippen LogP contribution in [0.3, 0.4) is 0 Å². The molecule has 4 aromatic rings. The van der Waals surface area contributed by atoms with Gasteiger partial charge in [-0.3, -0.25) is 9.36 Å². The maximum absolute atomic E-state index is 14.5. The van der Waals surface area contributed by atoms with Crippen LogP contribution in [0.25, 0.3) is 22.3 Å². The van der Waals surface area contributed by atoms with Gasteiger partial charge >= 0.3 is 0 Å². The van der Waals surface area contributed by atoms with Crippen molar-refractivity contribution >= 4 is 29.3 Å². The number of rotatable bonds is 6. The Labute approximate surface area is 250 Å². The van der Waals surface area contributed by atoms with E-state index in [0.717, 1.165) is 24.3 Å². The molecule has 6 rings (SSSR count). The highest BCUT2D eigenvalue weighted by Crippen LogP contribution is 2.34. The fourth-order valence-corrected chi connectivity index (χ4v) is 6.11. The van der Waals surface area contributed by atoms with E-state index in [1.54, 1.807) is 48.0 Å². The number of hydrogen-bond acceptors (Lipinski definition) is 6. The van der Waals surface area contributed by atoms with Gasteiger partial charge in [-0.1, -0.05) is 35.9 Å². The predicted octanol–water partition coefficient (Wildman–Crippen LogP) is 6.75. The van der Waals surface area contributed by atoms with E-state index in [2.05, 4.69) is 56.8 Å². The third-order valence-electron chi connectivity index (χ3n) is 8.23. The van der Waals surface area contributed by atoms with Gasteiger partial charge in [0.1, 0.15) is 5.82 Å². The van der Waals surface area contributed by atoms with E-state index >= 15 is 0 Å². The lowest BCUT2D eigenvalue weighted by molar-refractivity contribution is 0.255. The first-order valence-electron chi connectivity index (χ1n) is 14.4. The van der Waals surface area contributed by atoms with Gasteiger partial charge in [0.2, 0.25) is 5.95 Å². The van der Waals surface area contributed by atoms with Gasteiger partial charge in [-0.15, -0.1) is 0 Å². The minimum atomic E-state index is -0.556. The summed E-state index contributed by atoms with van der Waals surface area (Å²) in [6.07, 6.45) is 3.73. The highest BCUT2D eigenvalue weighted by Gasteiger charge is 2.22. The molecular formula is C33H34ClFN6O. The number of benzene rings is 2. The molecule has 0 amide bonds. The average molecular weight is 585 g/mol. The standard InChI is InChI=1S/C33H34ClFN6O/c1-4-41-31-24(19-36-33(39-31)38-25-9-6-21(7-10-25)22-13-15-40(3)16-14-22)17-28(32(41)42)27-12-8-23(18-29(27)34)26-11-5-20(2)37-30(26)35/h5-12,17-19,22,33,38-39H,4,13-16H2,1-3H3. The van der Waals surface area contributed by atoms with Crippen LogP contribution in [0.4, 0.5) is 15.9 Å². The molecule has 0 aliphatic carbocycles. The van der Waals surface area contributed by atoms with Crippen LogP contribution in [0.15, 0.2) is 70.5 Å². The molecule has 2 aliphatic rings. The van der Waals surface area contributed by atoms with Crippen LogP contribution in [0.2, 0.25) is 5.02 Å². The number of aromatic nitrogens is 2. The molecule has 0 spiro atoms. The summed E-state index contributed by atoms with van der Waals surface area (Å²) in [6.45, 7) is 6.40. The Morgan fingerprint density at radius 1 is 1.02 bits per heavy atom. The first-order chi connectivity index (χ1) is 20.3. The smallest absolute Gasteiger partial charge is 0.260 e. The first kappa shape index (κ1) is 28.1. The van der Waals surface area contributed by atoms with Crippen molar-refractivity contribution in [2.75, 3.05) is 30.8 Å². The third kappa shape index (κ3) is 5.56. The van der Waals surface area contributed by atoms with Crippen molar-refractivity contribution in [2.45, 2.75) is 45.4 Å². The number of fused-ring (bicyclic) bond motifs is 1. The molecule has 1 fully saturated rings. The van der Waals surface area contributed by atoms with Crippen molar-refractivity contribution in [1.82, 2.24) is 14.5 Å². The topological polar surface area (TPSA) is 74.5 Å². The SMILES string of the molecule is CCn1c2c(cc(-c3ccc(-c4ccc(C)nc4F)cc3Cl)c1=O)C=NC(Nc1ccc(C3CCN(C)CC3)cc1)N2. The summed E-state index contributed by atoms with van der Waals surface area (Å²) in [5.74, 6) is 0.744. The zero-order valence-corrected chi connectivity index (χ0v) is 24.8. The summed E-state index contributed by atoms with van der Waals surface area (Å²) in [4.78, 5) is 24.6. The van der Waals surface area contributed by atoms with Gasteiger partial charge in [0.15, 0.2) is 6.29 Å². The lowest BCUT2D eigenvalue weighted by Crippen LogP contribution is -2.35. The van der Waals surface area contributed by atoms with Crippen LogP contribution in [0.1, 0.15) is 42.5 Å². The van der Waals surface area contributed by atoms with Crippen molar-refractivity contribution in [2.24, 2.45) is 4.99 Å². The molecule has 2 aromatic carbocycles. The van der Waals surface area contributed by atoms with Gasteiger partial charge in [0.25, 0.3) is 5.56 Å². The monoisotopic (exact) mass is 584 g/mol. The summed E-state index contributed by atoms with van der Waals surface area (Å²) in [5, 5.41) is 7.17. The molecule has 0 saturated carbocycles. The summed E-state index contributed by atoms with van der Waals surface area (Å²) in [5.41, 5.74) is 5.54. The van der Waals surface area contributed by atoms with Crippen molar-refractivity contribution in [3.63, 3.8) is 0 Å². The molecule has 2 aliphatic heterocycles. The zero-order valence-electron chi connectivity index (χ0n) is 24.0. The number of anilines is 2. The lowest BCUT2D eigenvalue weighted by Gasteiger charge is -2.29. The summed E-state index contributed by atoms with van der Waals surface area (Å²) < 4.78 is 16.2. The molecule has 1 atom stereocenters. The predicted molar refractivity (Wildman–Crippen MR) is 169 cm³/mol. The Bertz CT molecular complexity index is 1710. The number of aliphatic imine (C=N–C) groups is 1. The van der Waals surface area contributed by atoms with Crippen LogP contribution in [-0.2, 0) is 6.54 Å². The molecule has 216 valence electrons. The maximum Gasteiger partial charge on any atom is 0.260 e. The first-order valence-corrected chi connectivity index (χ1v) is 14.7. The Hall–Kier alpha value is -4.01. The molecule has 2 N–H and O–H groups in total. The van der Waals surface area contributed by atoms with E-state index in [-0.39, 0.29) is 5.56 Å². The van der Waals surface area contributed by atoms with Crippen LogP contribution < -0.4 is 16.2 Å². The Morgan fingerprint density at radius 2 is 1.76 bits per heavy atom. The van der Waals surface area contributed by atoms with E-state index < -0.39 is 12.2 Å². The fourth-order valence-electron chi connectivity index (χ4n) is 5.83. The molecule has 4 heterocycles. The number of piperidine rings is 1. The molecular weight excluding hydrogens is 551 g/mol. The van der Waals surface area contributed by atoms with Gasteiger partial charge < -0.3 is 15.5 Å². The molecule has 0 bridgehead atoms. The number of halogens is 2. The minimum Gasteiger partial charge on any atom is -0.347 e. The van der Waals surface area contributed by atoms with Gasteiger partial charge in [-0.05, 0) is 100 Å². The lowest BCUT2D eigenvalue weighted by atomic mass is 9.89. The second-order valence-corrected chi connectivity index (χ2v) is 11.5. The van der Waals surface area contributed by atoms with Gasteiger partial charge in [-0.25, -0.2) is 9.98 Å². The number of likely N-dealkylation sites (tertiary alicyclic amines) is 1. The average Bonchev–Trinajstić information content (AvgIpc) is 2.98. The minimum absolute atomic E-state index is 0.168. The van der Waals surface area contributed by atoms with Gasteiger partial charge in [0.05, 0.1) is 0 Å². The van der Waals surface area contributed by atoms with Crippen molar-refractivity contribution < 1.29 is 4.39 Å². The maximum atomic E-state index is 14.5. The van der Waals surface area contributed by atoms with E-state index in [0.29, 0.717) is 51.3 Å². The second kappa shape index (κ2) is 11.7. The number of pyridine rings is 2. The van der Waals surface area contributed by atoms with Crippen molar-refractivity contribution in [1.29, 1.82) is 0 Å². The fraction of sp³-hybridized carbons (Fsp3) is 0.303. The van der Waals surface area contributed by atoms with E-state index in [1.807, 2.05) is 13.0 Å². The van der Waals surface area contributed by atoms with Crippen LogP contribution in [0, 0.1) is 12.9 Å². The number of aryl methyl sites for hydroxylation is 1. The van der Waals surface area contributed by atoms with Crippen LogP contribution >= 0.6 is 11.6 Å². The summed E-state index contributed by atoms with van der Waals surface area (Å²) in [7, 11) is 2.18. The highest BCUT2D eigenvalue weighted by atomic mass is 35.5. The van der Waals surface area contributed by atoms with Crippen LogP contribution in [0.5, 0.6) is 0 Å². The van der Waals surface area contributed by atoms with Gasteiger partial charge in [-0.2, -0.15) is 4.39 Å². The Kier molecular flexibility index (Phi) is 7.84. The molecule has 42 heavy (non-hydrogen) atoms. The zero-order chi connectivity index (χ0) is 29.4. The Balaban J connectivity index is 1.23. The van der Waals surface area contributed by atoms with Crippen molar-refractivity contribution in [3.05, 3.63) is 98.8 Å². The number of hydrogen-bond donors (Lipinski definition) is 2. The number of nitrogens with zero attached hydrogens (tertiary/aromatic N) is 4. The summed E-state index contributed by atoms with van der Waals surface area (Å²) in [6, 6.07) is 19.0. The molecule has 7 nitrogen and oxygen atoms in total.